The van der Waals surface area contributed by atoms with Crippen LogP contribution in [-0.4, -0.2) is 41.8 Å². The largest absolute Gasteiger partial charge is 0.445 e. The molecule has 1 aromatic carbocycles. The first-order valence-corrected chi connectivity index (χ1v) is 6.54. The van der Waals surface area contributed by atoms with Crippen LogP contribution in [0.5, 0.6) is 0 Å². The smallest absolute Gasteiger partial charge is 0.410 e. The lowest BCUT2D eigenvalue weighted by Crippen LogP contribution is -2.48. The highest BCUT2D eigenvalue weighted by molar-refractivity contribution is 5.67. The number of carbonyl (C=O) groups is 1. The van der Waals surface area contributed by atoms with Crippen molar-refractivity contribution in [2.24, 2.45) is 11.7 Å². The molecule has 0 spiro atoms. The summed E-state index contributed by atoms with van der Waals surface area (Å²) in [5, 5.41) is 9.84. The van der Waals surface area contributed by atoms with Crippen LogP contribution in [0.25, 0.3) is 0 Å². The molecule has 5 heteroatoms. The number of amides is 1. The standard InChI is InChI=1S/C14H20N2O3/c15-8-12-6-7-16(9-13(12)17)14(18)19-10-11-4-2-1-3-5-11/h1-5,12-13,17H,6-10,15H2/t12-,13-/m0/s1. The molecular formula is C14H20N2O3. The number of piperidine rings is 1. The van der Waals surface area contributed by atoms with E-state index in [1.165, 1.54) is 0 Å². The van der Waals surface area contributed by atoms with Gasteiger partial charge in [0.25, 0.3) is 0 Å². The predicted octanol–water partition coefficient (Wildman–Crippen LogP) is 0.965. The van der Waals surface area contributed by atoms with Gasteiger partial charge >= 0.3 is 6.09 Å². The number of rotatable bonds is 3. The quantitative estimate of drug-likeness (QED) is 0.852. The lowest BCUT2D eigenvalue weighted by atomic mass is 9.94. The number of nitrogens with zero attached hydrogens (tertiary/aromatic N) is 1. The Bertz CT molecular complexity index is 410. The van der Waals surface area contributed by atoms with E-state index in [1.54, 1.807) is 4.90 Å². The molecule has 1 aliphatic rings. The Morgan fingerprint density at radius 2 is 2.16 bits per heavy atom. The maximum atomic E-state index is 11.9. The second-order valence-electron chi connectivity index (χ2n) is 4.84. The average Bonchev–Trinajstić information content (AvgIpc) is 2.45. The van der Waals surface area contributed by atoms with Gasteiger partial charge in [0.15, 0.2) is 0 Å². The van der Waals surface area contributed by atoms with E-state index in [2.05, 4.69) is 0 Å². The molecule has 19 heavy (non-hydrogen) atoms. The average molecular weight is 264 g/mol. The zero-order chi connectivity index (χ0) is 13.7. The molecule has 0 saturated carbocycles. The summed E-state index contributed by atoms with van der Waals surface area (Å²) in [5.41, 5.74) is 6.51. The summed E-state index contributed by atoms with van der Waals surface area (Å²) < 4.78 is 5.23. The highest BCUT2D eigenvalue weighted by Crippen LogP contribution is 2.17. The Morgan fingerprint density at radius 1 is 1.42 bits per heavy atom. The zero-order valence-electron chi connectivity index (χ0n) is 10.9. The van der Waals surface area contributed by atoms with Crippen LogP contribution in [0.4, 0.5) is 4.79 Å². The molecule has 2 rings (SSSR count). The number of benzene rings is 1. The van der Waals surface area contributed by atoms with Crippen LogP contribution in [-0.2, 0) is 11.3 Å². The first kappa shape index (κ1) is 13.8. The molecule has 1 aliphatic heterocycles. The normalized spacial score (nSPS) is 23.2. The molecule has 2 atom stereocenters. The summed E-state index contributed by atoms with van der Waals surface area (Å²) in [6.45, 7) is 1.60. The van der Waals surface area contributed by atoms with Gasteiger partial charge in [-0.25, -0.2) is 4.79 Å². The van der Waals surface area contributed by atoms with Gasteiger partial charge in [-0.1, -0.05) is 30.3 Å². The third-order valence-corrected chi connectivity index (χ3v) is 3.49. The molecular weight excluding hydrogens is 244 g/mol. The van der Waals surface area contributed by atoms with Gasteiger partial charge in [0, 0.05) is 12.5 Å². The molecule has 0 radical (unpaired) electrons. The summed E-state index contributed by atoms with van der Waals surface area (Å²) in [4.78, 5) is 13.4. The van der Waals surface area contributed by atoms with E-state index in [1.807, 2.05) is 30.3 Å². The number of hydrogen-bond acceptors (Lipinski definition) is 4. The Labute approximate surface area is 113 Å². The summed E-state index contributed by atoms with van der Waals surface area (Å²) in [6, 6.07) is 9.53. The van der Waals surface area contributed by atoms with E-state index in [4.69, 9.17) is 10.5 Å². The first-order chi connectivity index (χ1) is 9.20. The van der Waals surface area contributed by atoms with Gasteiger partial charge in [-0.2, -0.15) is 0 Å². The minimum Gasteiger partial charge on any atom is -0.445 e. The van der Waals surface area contributed by atoms with Crippen LogP contribution in [0.3, 0.4) is 0 Å². The molecule has 1 aromatic rings. The lowest BCUT2D eigenvalue weighted by Gasteiger charge is -2.34. The minimum atomic E-state index is -0.553. The summed E-state index contributed by atoms with van der Waals surface area (Å²) in [7, 11) is 0. The van der Waals surface area contributed by atoms with Crippen molar-refractivity contribution in [2.45, 2.75) is 19.1 Å². The molecule has 0 aromatic heterocycles. The monoisotopic (exact) mass is 264 g/mol. The van der Waals surface area contributed by atoms with E-state index in [0.29, 0.717) is 19.6 Å². The second kappa shape index (κ2) is 6.54. The van der Waals surface area contributed by atoms with Crippen molar-refractivity contribution in [3.63, 3.8) is 0 Å². The van der Waals surface area contributed by atoms with Gasteiger partial charge in [0.05, 0.1) is 12.6 Å². The Kier molecular flexibility index (Phi) is 4.76. The van der Waals surface area contributed by atoms with E-state index in [0.717, 1.165) is 12.0 Å². The van der Waals surface area contributed by atoms with Gasteiger partial charge in [-0.15, -0.1) is 0 Å². The van der Waals surface area contributed by atoms with E-state index in [-0.39, 0.29) is 18.6 Å². The predicted molar refractivity (Wildman–Crippen MR) is 71.4 cm³/mol. The van der Waals surface area contributed by atoms with E-state index < -0.39 is 6.10 Å². The van der Waals surface area contributed by atoms with Crippen LogP contribution < -0.4 is 5.73 Å². The number of β-amino-alcohol motifs (C(OH)–C–C–N with tert-alkyl or cyclic N) is 1. The topological polar surface area (TPSA) is 75.8 Å². The maximum absolute atomic E-state index is 11.9. The third kappa shape index (κ3) is 3.68. The van der Waals surface area contributed by atoms with Crippen molar-refractivity contribution < 1.29 is 14.6 Å². The second-order valence-corrected chi connectivity index (χ2v) is 4.84. The molecule has 1 fully saturated rings. The number of carbonyl (C=O) groups excluding carboxylic acids is 1. The summed E-state index contributed by atoms with van der Waals surface area (Å²) in [6.07, 6.45) is -0.209. The van der Waals surface area contributed by atoms with Crippen LogP contribution in [0, 0.1) is 5.92 Å². The van der Waals surface area contributed by atoms with Gasteiger partial charge in [0.1, 0.15) is 6.61 Å². The number of hydrogen-bond donors (Lipinski definition) is 2. The molecule has 1 heterocycles. The number of aliphatic hydroxyl groups is 1. The van der Waals surface area contributed by atoms with Gasteiger partial charge < -0.3 is 20.5 Å². The number of ether oxygens (including phenoxy) is 1. The Hall–Kier alpha value is -1.59. The Morgan fingerprint density at radius 3 is 2.79 bits per heavy atom. The molecule has 0 aliphatic carbocycles. The number of aliphatic hydroxyl groups excluding tert-OH is 1. The highest BCUT2D eigenvalue weighted by atomic mass is 16.6. The molecule has 1 saturated heterocycles. The fraction of sp³-hybridized carbons (Fsp3) is 0.500. The zero-order valence-corrected chi connectivity index (χ0v) is 10.9. The Balaban J connectivity index is 1.81. The summed E-state index contributed by atoms with van der Waals surface area (Å²) >= 11 is 0. The van der Waals surface area contributed by atoms with Gasteiger partial charge in [0.2, 0.25) is 0 Å². The molecule has 5 nitrogen and oxygen atoms in total. The van der Waals surface area contributed by atoms with Crippen molar-refractivity contribution in [2.75, 3.05) is 19.6 Å². The van der Waals surface area contributed by atoms with E-state index in [9.17, 15) is 9.90 Å². The summed E-state index contributed by atoms with van der Waals surface area (Å²) in [5.74, 6) is 0.0816. The number of likely N-dealkylation sites (tertiary alicyclic amines) is 1. The molecule has 1 amide bonds. The number of nitrogens with two attached hydrogens (primary N) is 1. The SMILES string of the molecule is NC[C@@H]1CCN(C(=O)OCc2ccccc2)C[C@@H]1O. The van der Waals surface area contributed by atoms with E-state index >= 15 is 0 Å². The first-order valence-electron chi connectivity index (χ1n) is 6.54. The van der Waals surface area contributed by atoms with Crippen molar-refractivity contribution in [1.29, 1.82) is 0 Å². The molecule has 3 N–H and O–H groups in total. The maximum Gasteiger partial charge on any atom is 0.410 e. The van der Waals surface area contributed by atoms with Crippen LogP contribution in [0.15, 0.2) is 30.3 Å². The van der Waals surface area contributed by atoms with Crippen molar-refractivity contribution in [1.82, 2.24) is 4.90 Å². The fourth-order valence-corrected chi connectivity index (χ4v) is 2.23. The molecule has 104 valence electrons. The van der Waals surface area contributed by atoms with Crippen molar-refractivity contribution in [3.8, 4) is 0 Å². The van der Waals surface area contributed by atoms with Gasteiger partial charge in [-0.3, -0.25) is 0 Å². The van der Waals surface area contributed by atoms with Crippen LogP contribution >= 0.6 is 0 Å². The molecule has 0 bridgehead atoms. The van der Waals surface area contributed by atoms with Crippen molar-refractivity contribution in [3.05, 3.63) is 35.9 Å². The van der Waals surface area contributed by atoms with Crippen molar-refractivity contribution >= 4 is 6.09 Å². The third-order valence-electron chi connectivity index (χ3n) is 3.49. The minimum absolute atomic E-state index is 0.0816. The van der Waals surface area contributed by atoms with Crippen LogP contribution in [0.1, 0.15) is 12.0 Å². The highest BCUT2D eigenvalue weighted by Gasteiger charge is 2.29. The van der Waals surface area contributed by atoms with Crippen LogP contribution in [0.2, 0.25) is 0 Å². The van der Waals surface area contributed by atoms with Gasteiger partial charge in [-0.05, 0) is 18.5 Å². The fourth-order valence-electron chi connectivity index (χ4n) is 2.23. The lowest BCUT2D eigenvalue weighted by molar-refractivity contribution is 0.0163. The molecule has 0 unspecified atom stereocenters.